The number of anilines is 1. The molecule has 0 amide bonds. The highest BCUT2D eigenvalue weighted by molar-refractivity contribution is 6.18. The first-order valence-corrected chi connectivity index (χ1v) is 4.01. The summed E-state index contributed by atoms with van der Waals surface area (Å²) in [5.74, 6) is 6.20. The van der Waals surface area contributed by atoms with E-state index in [2.05, 4.69) is 0 Å². The van der Waals surface area contributed by atoms with E-state index in [0.717, 1.165) is 5.69 Å². The van der Waals surface area contributed by atoms with Crippen molar-refractivity contribution in [3.05, 3.63) is 30.3 Å². The zero-order valence-electron chi connectivity index (χ0n) is 6.20. The molecule has 0 spiro atoms. The Kier molecular flexibility index (Phi) is 3.20. The molecular formula is C8H11ClN2. The molecule has 1 rings (SSSR count). The lowest BCUT2D eigenvalue weighted by atomic mass is 10.3. The predicted octanol–water partition coefficient (Wildman–Crippen LogP) is 1.61. The van der Waals surface area contributed by atoms with Gasteiger partial charge in [-0.3, -0.25) is 0 Å². The van der Waals surface area contributed by atoms with Crippen molar-refractivity contribution in [1.29, 1.82) is 0 Å². The Hall–Kier alpha value is -0.730. The molecule has 11 heavy (non-hydrogen) atoms. The Morgan fingerprint density at radius 2 is 1.91 bits per heavy atom. The molecule has 0 radical (unpaired) electrons. The quantitative estimate of drug-likeness (QED) is 0.424. The van der Waals surface area contributed by atoms with Crippen LogP contribution in [0.15, 0.2) is 30.3 Å². The van der Waals surface area contributed by atoms with Gasteiger partial charge in [0, 0.05) is 12.4 Å². The minimum atomic E-state index is 0.547. The molecule has 0 aliphatic rings. The molecule has 1 aromatic carbocycles. The molecule has 0 aliphatic heterocycles. The van der Waals surface area contributed by atoms with Crippen molar-refractivity contribution in [3.63, 3.8) is 0 Å². The van der Waals surface area contributed by atoms with E-state index in [0.29, 0.717) is 12.4 Å². The summed E-state index contributed by atoms with van der Waals surface area (Å²) >= 11 is 5.52. The van der Waals surface area contributed by atoms with E-state index in [1.54, 1.807) is 5.01 Å². The normalized spacial score (nSPS) is 9.64. The standard InChI is InChI=1S/C8H11ClN2/c9-6-7-11(10)8-4-2-1-3-5-8/h1-5H,6-7,10H2. The smallest absolute Gasteiger partial charge is 0.0517 e. The molecule has 0 heterocycles. The summed E-state index contributed by atoms with van der Waals surface area (Å²) in [5, 5.41) is 1.63. The largest absolute Gasteiger partial charge is 0.310 e. The molecular weight excluding hydrogens is 160 g/mol. The fourth-order valence-electron chi connectivity index (χ4n) is 0.840. The van der Waals surface area contributed by atoms with Crippen molar-refractivity contribution in [2.45, 2.75) is 0 Å². The second-order valence-corrected chi connectivity index (χ2v) is 2.60. The molecule has 2 N–H and O–H groups in total. The highest BCUT2D eigenvalue weighted by Crippen LogP contribution is 2.08. The van der Waals surface area contributed by atoms with E-state index in [9.17, 15) is 0 Å². The van der Waals surface area contributed by atoms with Crippen LogP contribution in [0.2, 0.25) is 0 Å². The molecule has 60 valence electrons. The minimum Gasteiger partial charge on any atom is -0.310 e. The monoisotopic (exact) mass is 170 g/mol. The van der Waals surface area contributed by atoms with Gasteiger partial charge in [0.1, 0.15) is 0 Å². The van der Waals surface area contributed by atoms with Crippen LogP contribution in [-0.2, 0) is 0 Å². The molecule has 0 unspecified atom stereocenters. The Morgan fingerprint density at radius 3 is 2.45 bits per heavy atom. The van der Waals surface area contributed by atoms with E-state index in [1.807, 2.05) is 30.3 Å². The molecule has 3 heteroatoms. The summed E-state index contributed by atoms with van der Waals surface area (Å²) in [7, 11) is 0. The van der Waals surface area contributed by atoms with Gasteiger partial charge in [-0.2, -0.15) is 0 Å². The number of nitrogens with two attached hydrogens (primary N) is 1. The Bertz CT molecular complexity index is 201. The average molecular weight is 171 g/mol. The van der Waals surface area contributed by atoms with Gasteiger partial charge in [-0.15, -0.1) is 11.6 Å². The van der Waals surface area contributed by atoms with Gasteiger partial charge in [-0.1, -0.05) is 18.2 Å². The van der Waals surface area contributed by atoms with Gasteiger partial charge in [-0.05, 0) is 12.1 Å². The van der Waals surface area contributed by atoms with Crippen molar-refractivity contribution in [3.8, 4) is 0 Å². The van der Waals surface area contributed by atoms with Gasteiger partial charge in [0.15, 0.2) is 0 Å². The maximum Gasteiger partial charge on any atom is 0.0517 e. The van der Waals surface area contributed by atoms with Gasteiger partial charge < -0.3 is 5.01 Å². The Morgan fingerprint density at radius 1 is 1.27 bits per heavy atom. The number of halogens is 1. The fourth-order valence-corrected chi connectivity index (χ4v) is 1.02. The molecule has 0 saturated heterocycles. The van der Waals surface area contributed by atoms with Crippen LogP contribution in [0, 0.1) is 0 Å². The van der Waals surface area contributed by atoms with Gasteiger partial charge in [-0.25, -0.2) is 5.84 Å². The van der Waals surface area contributed by atoms with Crippen LogP contribution in [0.25, 0.3) is 0 Å². The average Bonchev–Trinajstić information content (AvgIpc) is 2.07. The number of hydrogen-bond donors (Lipinski definition) is 1. The second kappa shape index (κ2) is 4.21. The predicted molar refractivity (Wildman–Crippen MR) is 48.7 cm³/mol. The van der Waals surface area contributed by atoms with E-state index < -0.39 is 0 Å². The lowest BCUT2D eigenvalue weighted by Crippen LogP contribution is -2.32. The number of para-hydroxylation sites is 1. The first-order chi connectivity index (χ1) is 5.34. The first kappa shape index (κ1) is 8.37. The highest BCUT2D eigenvalue weighted by atomic mass is 35.5. The lowest BCUT2D eigenvalue weighted by Gasteiger charge is -2.16. The van der Waals surface area contributed by atoms with E-state index in [-0.39, 0.29) is 0 Å². The van der Waals surface area contributed by atoms with Crippen LogP contribution in [-0.4, -0.2) is 12.4 Å². The van der Waals surface area contributed by atoms with Gasteiger partial charge >= 0.3 is 0 Å². The summed E-state index contributed by atoms with van der Waals surface area (Å²) in [6.45, 7) is 0.672. The fraction of sp³-hybridized carbons (Fsp3) is 0.250. The molecule has 0 fully saturated rings. The van der Waals surface area contributed by atoms with Crippen LogP contribution < -0.4 is 10.9 Å². The van der Waals surface area contributed by atoms with Crippen LogP contribution >= 0.6 is 11.6 Å². The summed E-state index contributed by atoms with van der Waals surface area (Å²) in [6, 6.07) is 9.75. The summed E-state index contributed by atoms with van der Waals surface area (Å²) in [4.78, 5) is 0. The maximum atomic E-state index is 5.65. The third-order valence-corrected chi connectivity index (χ3v) is 1.58. The number of rotatable bonds is 3. The third kappa shape index (κ3) is 2.41. The van der Waals surface area contributed by atoms with Gasteiger partial charge in [0.25, 0.3) is 0 Å². The van der Waals surface area contributed by atoms with Gasteiger partial charge in [0.05, 0.1) is 5.69 Å². The van der Waals surface area contributed by atoms with Crippen molar-refractivity contribution >= 4 is 17.3 Å². The van der Waals surface area contributed by atoms with Crippen molar-refractivity contribution in [2.24, 2.45) is 5.84 Å². The summed E-state index contributed by atoms with van der Waals surface area (Å²) in [6.07, 6.45) is 0. The molecule has 0 aliphatic carbocycles. The molecule has 0 atom stereocenters. The number of hydrogen-bond acceptors (Lipinski definition) is 2. The third-order valence-electron chi connectivity index (χ3n) is 1.41. The van der Waals surface area contributed by atoms with Crippen LogP contribution in [0.4, 0.5) is 5.69 Å². The Balaban J connectivity index is 2.61. The van der Waals surface area contributed by atoms with E-state index in [4.69, 9.17) is 17.4 Å². The van der Waals surface area contributed by atoms with Crippen molar-refractivity contribution in [2.75, 3.05) is 17.4 Å². The van der Waals surface area contributed by atoms with E-state index >= 15 is 0 Å². The number of benzene rings is 1. The maximum absolute atomic E-state index is 5.65. The summed E-state index contributed by atoms with van der Waals surface area (Å²) < 4.78 is 0. The highest BCUT2D eigenvalue weighted by Gasteiger charge is 1.96. The second-order valence-electron chi connectivity index (χ2n) is 2.22. The topological polar surface area (TPSA) is 29.3 Å². The zero-order chi connectivity index (χ0) is 8.10. The zero-order valence-corrected chi connectivity index (χ0v) is 6.96. The minimum absolute atomic E-state index is 0.547. The lowest BCUT2D eigenvalue weighted by molar-refractivity contribution is 0.896. The SMILES string of the molecule is NN(CCCl)c1ccccc1. The van der Waals surface area contributed by atoms with E-state index in [1.165, 1.54) is 0 Å². The molecule has 2 nitrogen and oxygen atoms in total. The molecule has 0 bridgehead atoms. The Labute approximate surface area is 71.5 Å². The van der Waals surface area contributed by atoms with Gasteiger partial charge in [0.2, 0.25) is 0 Å². The molecule has 0 saturated carbocycles. The number of hydrazine groups is 1. The van der Waals surface area contributed by atoms with Crippen LogP contribution in [0.1, 0.15) is 0 Å². The van der Waals surface area contributed by atoms with Crippen molar-refractivity contribution in [1.82, 2.24) is 0 Å². The van der Waals surface area contributed by atoms with Crippen molar-refractivity contribution < 1.29 is 0 Å². The molecule has 0 aromatic heterocycles. The number of nitrogens with zero attached hydrogens (tertiary/aromatic N) is 1. The summed E-state index contributed by atoms with van der Waals surface area (Å²) in [5.41, 5.74) is 0.994. The number of alkyl halides is 1. The van der Waals surface area contributed by atoms with Crippen LogP contribution in [0.3, 0.4) is 0 Å². The first-order valence-electron chi connectivity index (χ1n) is 3.48. The van der Waals surface area contributed by atoms with Crippen LogP contribution in [0.5, 0.6) is 0 Å². The molecule has 1 aromatic rings.